The van der Waals surface area contributed by atoms with Gasteiger partial charge in [0, 0.05) is 32.9 Å². The minimum absolute atomic E-state index is 1.15. The molecule has 2 heteroatoms. The van der Waals surface area contributed by atoms with Gasteiger partial charge in [-0.2, -0.15) is 0 Å². The highest BCUT2D eigenvalue weighted by Gasteiger charge is 2.26. The van der Waals surface area contributed by atoms with Crippen LogP contribution >= 0.6 is 0 Å². The van der Waals surface area contributed by atoms with Gasteiger partial charge in [-0.1, -0.05) is 158 Å². The fourth-order valence-corrected chi connectivity index (χ4v) is 10.2. The quantitative estimate of drug-likeness (QED) is 0.153. The average Bonchev–Trinajstić information content (AvgIpc) is 3.98. The Morgan fingerprint density at radius 3 is 1.54 bits per heavy atom. The van der Waals surface area contributed by atoms with Crippen molar-refractivity contribution >= 4 is 54.4 Å². The smallest absolute Gasteiger partial charge is 0.0553 e. The Hall–Kier alpha value is -8.20. The lowest BCUT2D eigenvalue weighted by Gasteiger charge is -2.12. The standard InChI is InChI=1S/C58H36N2.C3H6/c1-3-14-37(15-4-1)38-16-11-17-39(32-38)40-18-12-21-44(33-40)60-55-31-29-42(41-28-30-54-50(34-41)47-24-9-10-27-53(47)59(54)43-19-5-2-6-20-43)35-52(55)58-49-26-13-25-48-45-22-7-8-23-46(45)51(57(48)49)36-56(58)60;1-3-2/h1-36H;3H,1H2,2H3. The van der Waals surface area contributed by atoms with Crippen LogP contribution in [0, 0.1) is 0 Å². The fraction of sp³-hybridized carbons (Fsp3) is 0.0164. The highest BCUT2D eigenvalue weighted by atomic mass is 15.0. The Kier molecular flexibility index (Phi) is 8.58. The van der Waals surface area contributed by atoms with Crippen LogP contribution in [0.2, 0.25) is 0 Å². The van der Waals surface area contributed by atoms with E-state index in [1.807, 2.05) is 6.92 Å². The second-order valence-electron chi connectivity index (χ2n) is 16.5. The van der Waals surface area contributed by atoms with Gasteiger partial charge in [0.05, 0.1) is 22.1 Å². The lowest BCUT2D eigenvalue weighted by molar-refractivity contribution is 1.18. The first kappa shape index (κ1) is 36.6. The van der Waals surface area contributed by atoms with E-state index in [0.29, 0.717) is 0 Å². The van der Waals surface area contributed by atoms with Gasteiger partial charge in [-0.3, -0.25) is 0 Å². The minimum Gasteiger partial charge on any atom is -0.309 e. The van der Waals surface area contributed by atoms with Crippen LogP contribution in [0.25, 0.3) is 121 Å². The van der Waals surface area contributed by atoms with Gasteiger partial charge < -0.3 is 9.13 Å². The lowest BCUT2D eigenvalue weighted by Crippen LogP contribution is -1.95. The molecule has 0 unspecified atom stereocenters. The van der Waals surface area contributed by atoms with Crippen LogP contribution in [0.5, 0.6) is 0 Å². The Labute approximate surface area is 366 Å². The molecule has 0 saturated carbocycles. The summed E-state index contributed by atoms with van der Waals surface area (Å²) in [5.41, 5.74) is 19.6. The molecular formula is C61H42N2. The Bertz CT molecular complexity index is 3750. The maximum Gasteiger partial charge on any atom is 0.0553 e. The van der Waals surface area contributed by atoms with E-state index in [4.69, 9.17) is 0 Å². The van der Waals surface area contributed by atoms with Gasteiger partial charge in [0.15, 0.2) is 0 Å². The van der Waals surface area contributed by atoms with Gasteiger partial charge in [-0.25, -0.2) is 0 Å². The van der Waals surface area contributed by atoms with E-state index in [0.717, 1.165) is 5.69 Å². The summed E-state index contributed by atoms with van der Waals surface area (Å²) < 4.78 is 4.89. The molecule has 0 N–H and O–H groups in total. The van der Waals surface area contributed by atoms with Crippen molar-refractivity contribution in [2.45, 2.75) is 6.92 Å². The summed E-state index contributed by atoms with van der Waals surface area (Å²) in [4.78, 5) is 0. The molecule has 2 nitrogen and oxygen atoms in total. The zero-order valence-electron chi connectivity index (χ0n) is 35.0. The molecule has 0 aliphatic heterocycles. The summed E-state index contributed by atoms with van der Waals surface area (Å²) in [6, 6.07) is 80.4. The third-order valence-corrected chi connectivity index (χ3v) is 12.8. The lowest BCUT2D eigenvalue weighted by atomic mass is 9.96. The molecule has 2 heterocycles. The van der Waals surface area contributed by atoms with E-state index in [9.17, 15) is 0 Å². The van der Waals surface area contributed by atoms with E-state index in [1.54, 1.807) is 6.08 Å². The molecule has 13 rings (SSSR count). The van der Waals surface area contributed by atoms with Crippen LogP contribution in [0.4, 0.5) is 0 Å². The van der Waals surface area contributed by atoms with Crippen molar-refractivity contribution in [3.63, 3.8) is 0 Å². The zero-order valence-corrected chi connectivity index (χ0v) is 35.0. The Balaban J connectivity index is 0.00000137. The van der Waals surface area contributed by atoms with Crippen LogP contribution in [0.15, 0.2) is 231 Å². The zero-order chi connectivity index (χ0) is 42.0. The number of nitrogens with zero attached hydrogens (tertiary/aromatic N) is 2. The molecule has 10 aromatic carbocycles. The molecule has 0 fully saturated rings. The predicted molar refractivity (Wildman–Crippen MR) is 269 cm³/mol. The summed E-state index contributed by atoms with van der Waals surface area (Å²) in [5.74, 6) is 0. The topological polar surface area (TPSA) is 9.86 Å². The van der Waals surface area contributed by atoms with Gasteiger partial charge >= 0.3 is 0 Å². The van der Waals surface area contributed by atoms with Crippen molar-refractivity contribution in [2.24, 2.45) is 0 Å². The molecule has 2 aromatic heterocycles. The first-order valence-electron chi connectivity index (χ1n) is 21.7. The van der Waals surface area contributed by atoms with Crippen molar-refractivity contribution in [3.8, 4) is 67.0 Å². The molecule has 0 amide bonds. The maximum absolute atomic E-state index is 3.36. The largest absolute Gasteiger partial charge is 0.309 e. The van der Waals surface area contributed by atoms with E-state index in [1.165, 1.54) is 116 Å². The van der Waals surface area contributed by atoms with Crippen molar-refractivity contribution in [1.82, 2.24) is 9.13 Å². The number of allylic oxidation sites excluding steroid dienone is 1. The summed E-state index contributed by atoms with van der Waals surface area (Å²) in [6.45, 7) is 5.25. The first-order chi connectivity index (χ1) is 31.2. The first-order valence-corrected chi connectivity index (χ1v) is 21.7. The number of fused-ring (bicyclic) bond motifs is 10. The molecular weight excluding hydrogens is 761 g/mol. The number of hydrogen-bond donors (Lipinski definition) is 0. The van der Waals surface area contributed by atoms with Crippen molar-refractivity contribution in [1.29, 1.82) is 0 Å². The highest BCUT2D eigenvalue weighted by molar-refractivity contribution is 6.29. The van der Waals surface area contributed by atoms with E-state index in [-0.39, 0.29) is 0 Å². The monoisotopic (exact) mass is 802 g/mol. The third-order valence-electron chi connectivity index (χ3n) is 12.8. The van der Waals surface area contributed by atoms with Crippen LogP contribution in [-0.2, 0) is 0 Å². The highest BCUT2D eigenvalue weighted by Crippen LogP contribution is 2.51. The molecule has 1 aliphatic carbocycles. The predicted octanol–water partition coefficient (Wildman–Crippen LogP) is 16.9. The third kappa shape index (κ3) is 5.80. The van der Waals surface area contributed by atoms with E-state index >= 15 is 0 Å². The second-order valence-corrected chi connectivity index (χ2v) is 16.5. The van der Waals surface area contributed by atoms with Crippen molar-refractivity contribution in [3.05, 3.63) is 231 Å². The molecule has 63 heavy (non-hydrogen) atoms. The molecule has 0 bridgehead atoms. The van der Waals surface area contributed by atoms with E-state index in [2.05, 4.69) is 234 Å². The fourth-order valence-electron chi connectivity index (χ4n) is 10.2. The molecule has 296 valence electrons. The molecule has 1 aliphatic rings. The van der Waals surface area contributed by atoms with Gasteiger partial charge in [-0.05, 0) is 140 Å². The summed E-state index contributed by atoms with van der Waals surface area (Å²) in [5, 5.41) is 7.70. The molecule has 0 spiro atoms. The molecule has 0 saturated heterocycles. The van der Waals surface area contributed by atoms with Crippen molar-refractivity contribution in [2.75, 3.05) is 0 Å². The summed E-state index contributed by atoms with van der Waals surface area (Å²) >= 11 is 0. The number of para-hydroxylation sites is 2. The Morgan fingerprint density at radius 2 is 0.778 bits per heavy atom. The number of rotatable bonds is 5. The van der Waals surface area contributed by atoms with Crippen LogP contribution in [-0.4, -0.2) is 9.13 Å². The van der Waals surface area contributed by atoms with Crippen LogP contribution < -0.4 is 0 Å². The van der Waals surface area contributed by atoms with Crippen LogP contribution in [0.1, 0.15) is 6.92 Å². The summed E-state index contributed by atoms with van der Waals surface area (Å²) in [7, 11) is 0. The SMILES string of the molecule is C=CC.c1ccc(-c2cccc(-c3cccc(-n4c5ccc(-c6ccc7c(c6)c6ccccc6n7-c6ccccc6)cc5c5c6cccc7c6c(cc54)-c4ccccc4-7)c3)c2)cc1. The summed E-state index contributed by atoms with van der Waals surface area (Å²) in [6.07, 6.45) is 1.75. The van der Waals surface area contributed by atoms with Crippen LogP contribution in [0.3, 0.4) is 0 Å². The normalized spacial score (nSPS) is 11.6. The van der Waals surface area contributed by atoms with Gasteiger partial charge in [0.1, 0.15) is 0 Å². The Morgan fingerprint density at radius 1 is 0.302 bits per heavy atom. The van der Waals surface area contributed by atoms with Gasteiger partial charge in [0.25, 0.3) is 0 Å². The molecule has 0 radical (unpaired) electrons. The number of aromatic nitrogens is 2. The minimum atomic E-state index is 1.15. The molecule has 0 atom stereocenters. The molecule has 12 aromatic rings. The number of benzene rings is 10. The van der Waals surface area contributed by atoms with Gasteiger partial charge in [-0.15, -0.1) is 6.58 Å². The average molecular weight is 803 g/mol. The number of hydrogen-bond acceptors (Lipinski definition) is 0. The second kappa shape index (κ2) is 14.8. The van der Waals surface area contributed by atoms with E-state index < -0.39 is 0 Å². The van der Waals surface area contributed by atoms with Gasteiger partial charge in [0.2, 0.25) is 0 Å². The van der Waals surface area contributed by atoms with Crippen molar-refractivity contribution < 1.29 is 0 Å². The maximum atomic E-state index is 3.36.